The number of esters is 1. The minimum absolute atomic E-state index is 0.129. The van der Waals surface area contributed by atoms with Gasteiger partial charge in [-0.25, -0.2) is 13.2 Å². The highest BCUT2D eigenvalue weighted by Crippen LogP contribution is 2.25. The van der Waals surface area contributed by atoms with E-state index >= 15 is 0 Å². The molecule has 30 heavy (non-hydrogen) atoms. The number of rotatable bonds is 5. The van der Waals surface area contributed by atoms with Crippen molar-refractivity contribution in [2.45, 2.75) is 51.3 Å². The maximum Gasteiger partial charge on any atom is 0.338 e. The number of benzene rings is 1. The molecular formula is C22H32N2O5S. The Balaban J connectivity index is 1.68. The highest BCUT2D eigenvalue weighted by atomic mass is 32.2. The second-order valence-electron chi connectivity index (χ2n) is 8.77. The minimum Gasteiger partial charge on any atom is -0.452 e. The van der Waals surface area contributed by atoms with Crippen molar-refractivity contribution in [1.82, 2.24) is 9.21 Å². The molecule has 0 spiro atoms. The average molecular weight is 437 g/mol. The number of nitrogens with zero attached hydrogens (tertiary/aromatic N) is 2. The zero-order chi connectivity index (χ0) is 21.9. The fraction of sp³-hybridized carbons (Fsp3) is 0.636. The van der Waals surface area contributed by atoms with Gasteiger partial charge in [-0.1, -0.05) is 26.3 Å². The molecule has 0 bridgehead atoms. The summed E-state index contributed by atoms with van der Waals surface area (Å²) in [6.07, 6.45) is 3.80. The Morgan fingerprint density at radius 1 is 1.07 bits per heavy atom. The van der Waals surface area contributed by atoms with Gasteiger partial charge in [-0.15, -0.1) is 0 Å². The summed E-state index contributed by atoms with van der Waals surface area (Å²) in [6, 6.07) is 4.53. The number of piperidine rings is 2. The molecule has 0 unspecified atom stereocenters. The van der Waals surface area contributed by atoms with Gasteiger partial charge in [-0.3, -0.25) is 4.79 Å². The highest BCUT2D eigenvalue weighted by Gasteiger charge is 2.29. The van der Waals surface area contributed by atoms with Gasteiger partial charge in [-0.2, -0.15) is 4.31 Å². The Labute approximate surface area is 179 Å². The highest BCUT2D eigenvalue weighted by molar-refractivity contribution is 7.89. The molecule has 2 aliphatic rings. The molecule has 1 aromatic carbocycles. The van der Waals surface area contributed by atoms with Crippen molar-refractivity contribution in [1.29, 1.82) is 0 Å². The summed E-state index contributed by atoms with van der Waals surface area (Å²) in [5.41, 5.74) is 0.730. The molecular weight excluding hydrogens is 404 g/mol. The number of carbonyl (C=O) groups is 2. The number of sulfonamides is 1. The zero-order valence-corrected chi connectivity index (χ0v) is 18.9. The number of ether oxygens (including phenoxy) is 1. The fourth-order valence-electron chi connectivity index (χ4n) is 4.42. The molecule has 8 heteroatoms. The topological polar surface area (TPSA) is 84.0 Å². The second kappa shape index (κ2) is 9.47. The van der Waals surface area contributed by atoms with Crippen molar-refractivity contribution in [3.05, 3.63) is 29.3 Å². The van der Waals surface area contributed by atoms with Gasteiger partial charge in [-0.05, 0) is 55.7 Å². The van der Waals surface area contributed by atoms with Gasteiger partial charge in [0.15, 0.2) is 6.61 Å². The standard InChI is InChI=1S/C22H32N2O5S/c1-16-11-17(2)14-23(13-16)21(25)15-29-22(26)19-8-7-18(3)20(12-19)30(27,28)24-9-5-4-6-10-24/h7-8,12,16-17H,4-6,9-11,13-15H2,1-3H3/t16-,17-/m0/s1. The summed E-state index contributed by atoms with van der Waals surface area (Å²) in [4.78, 5) is 26.9. The van der Waals surface area contributed by atoms with Crippen LogP contribution in [0.4, 0.5) is 0 Å². The van der Waals surface area contributed by atoms with E-state index in [1.54, 1.807) is 24.0 Å². The van der Waals surface area contributed by atoms with Crippen molar-refractivity contribution in [3.8, 4) is 0 Å². The van der Waals surface area contributed by atoms with Gasteiger partial charge in [0.05, 0.1) is 10.5 Å². The van der Waals surface area contributed by atoms with E-state index in [4.69, 9.17) is 4.74 Å². The minimum atomic E-state index is -3.66. The van der Waals surface area contributed by atoms with Gasteiger partial charge in [0.2, 0.25) is 10.0 Å². The number of hydrogen-bond acceptors (Lipinski definition) is 5. The normalized spacial score (nSPS) is 23.2. The van der Waals surface area contributed by atoms with Crippen LogP contribution in [-0.4, -0.2) is 62.3 Å². The SMILES string of the molecule is Cc1ccc(C(=O)OCC(=O)N2C[C@@H](C)C[C@H](C)C2)cc1S(=O)(=O)N1CCCCC1. The molecule has 2 heterocycles. The Hall–Kier alpha value is -1.93. The molecule has 0 aliphatic carbocycles. The number of hydrogen-bond donors (Lipinski definition) is 0. The van der Waals surface area contributed by atoms with Crippen LogP contribution in [0.3, 0.4) is 0 Å². The molecule has 0 radical (unpaired) electrons. The monoisotopic (exact) mass is 436 g/mol. The first-order chi connectivity index (χ1) is 14.2. The van der Waals surface area contributed by atoms with Gasteiger partial charge < -0.3 is 9.64 Å². The summed E-state index contributed by atoms with van der Waals surface area (Å²) in [7, 11) is -3.66. The van der Waals surface area contributed by atoms with Crippen LogP contribution in [0.25, 0.3) is 0 Å². The molecule has 166 valence electrons. The van der Waals surface area contributed by atoms with Crippen LogP contribution in [0.1, 0.15) is 55.5 Å². The van der Waals surface area contributed by atoms with E-state index in [0.29, 0.717) is 43.6 Å². The molecule has 1 amide bonds. The van der Waals surface area contributed by atoms with Crippen LogP contribution in [0.5, 0.6) is 0 Å². The molecule has 2 fully saturated rings. The average Bonchev–Trinajstić information content (AvgIpc) is 2.71. The van der Waals surface area contributed by atoms with Crippen molar-refractivity contribution in [2.75, 3.05) is 32.8 Å². The lowest BCUT2D eigenvalue weighted by molar-refractivity contribution is -0.137. The lowest BCUT2D eigenvalue weighted by Crippen LogP contribution is -2.44. The van der Waals surface area contributed by atoms with Crippen LogP contribution < -0.4 is 0 Å². The molecule has 0 N–H and O–H groups in total. The second-order valence-corrected chi connectivity index (χ2v) is 10.7. The summed E-state index contributed by atoms with van der Waals surface area (Å²) in [6.45, 7) is 7.94. The Morgan fingerprint density at radius 2 is 1.70 bits per heavy atom. The predicted octanol–water partition coefficient (Wildman–Crippen LogP) is 2.83. The summed E-state index contributed by atoms with van der Waals surface area (Å²) in [5.74, 6) is -0.0484. The Morgan fingerprint density at radius 3 is 2.33 bits per heavy atom. The number of aryl methyl sites for hydroxylation is 1. The maximum absolute atomic E-state index is 13.0. The smallest absolute Gasteiger partial charge is 0.338 e. The van der Waals surface area contributed by atoms with Crippen molar-refractivity contribution in [3.63, 3.8) is 0 Å². The Kier molecular flexibility index (Phi) is 7.18. The third kappa shape index (κ3) is 5.21. The van der Waals surface area contributed by atoms with Crippen LogP contribution in [0, 0.1) is 18.8 Å². The largest absolute Gasteiger partial charge is 0.452 e. The molecule has 2 saturated heterocycles. The van der Waals surface area contributed by atoms with E-state index in [9.17, 15) is 18.0 Å². The van der Waals surface area contributed by atoms with E-state index in [1.165, 1.54) is 10.4 Å². The molecule has 7 nitrogen and oxygen atoms in total. The lowest BCUT2D eigenvalue weighted by atomic mass is 9.92. The third-order valence-electron chi connectivity index (χ3n) is 5.91. The van der Waals surface area contributed by atoms with E-state index in [0.717, 1.165) is 25.7 Å². The number of carbonyl (C=O) groups excluding carboxylic acids is 2. The number of amides is 1. The molecule has 2 aliphatic heterocycles. The molecule has 0 aromatic heterocycles. The van der Waals surface area contributed by atoms with E-state index in [-0.39, 0.29) is 23.0 Å². The lowest BCUT2D eigenvalue weighted by Gasteiger charge is -2.34. The summed E-state index contributed by atoms with van der Waals surface area (Å²) >= 11 is 0. The Bertz CT molecular complexity index is 883. The first kappa shape index (κ1) is 22.7. The molecule has 0 saturated carbocycles. The molecule has 1 aromatic rings. The van der Waals surface area contributed by atoms with Gasteiger partial charge in [0.25, 0.3) is 5.91 Å². The summed E-state index contributed by atoms with van der Waals surface area (Å²) in [5, 5.41) is 0. The van der Waals surface area contributed by atoms with Crippen LogP contribution in [0.2, 0.25) is 0 Å². The van der Waals surface area contributed by atoms with Crippen LogP contribution >= 0.6 is 0 Å². The van der Waals surface area contributed by atoms with Crippen molar-refractivity contribution < 1.29 is 22.7 Å². The quantitative estimate of drug-likeness (QED) is 0.663. The van der Waals surface area contributed by atoms with Gasteiger partial charge in [0.1, 0.15) is 0 Å². The maximum atomic E-state index is 13.0. The van der Waals surface area contributed by atoms with Crippen LogP contribution in [0.15, 0.2) is 23.1 Å². The first-order valence-electron chi connectivity index (χ1n) is 10.7. The fourth-order valence-corrected chi connectivity index (χ4v) is 6.19. The third-order valence-corrected chi connectivity index (χ3v) is 7.95. The number of likely N-dealkylation sites (tertiary alicyclic amines) is 1. The zero-order valence-electron chi connectivity index (χ0n) is 18.1. The molecule has 3 rings (SSSR count). The van der Waals surface area contributed by atoms with Gasteiger partial charge in [0, 0.05) is 26.2 Å². The predicted molar refractivity (Wildman–Crippen MR) is 114 cm³/mol. The molecule has 2 atom stereocenters. The van der Waals surface area contributed by atoms with E-state index < -0.39 is 16.0 Å². The van der Waals surface area contributed by atoms with Gasteiger partial charge >= 0.3 is 5.97 Å². The summed E-state index contributed by atoms with van der Waals surface area (Å²) < 4.78 is 32.8. The first-order valence-corrected chi connectivity index (χ1v) is 12.2. The van der Waals surface area contributed by atoms with E-state index in [1.807, 2.05) is 0 Å². The van der Waals surface area contributed by atoms with Crippen LogP contribution in [-0.2, 0) is 19.6 Å². The van der Waals surface area contributed by atoms with Crippen molar-refractivity contribution >= 4 is 21.9 Å². The van der Waals surface area contributed by atoms with Crippen molar-refractivity contribution in [2.24, 2.45) is 11.8 Å². The van der Waals surface area contributed by atoms with E-state index in [2.05, 4.69) is 13.8 Å².